The summed E-state index contributed by atoms with van der Waals surface area (Å²) in [7, 11) is 3.14. The molecule has 0 amide bonds. The number of Topliss-reactive ketones (excluding diaryl/α,β-unsaturated/α-hetero) is 4. The van der Waals surface area contributed by atoms with Crippen LogP contribution in [0, 0.1) is 0 Å². The highest BCUT2D eigenvalue weighted by Gasteiger charge is 2.47. The zero-order valence-electron chi connectivity index (χ0n) is 36.3. The minimum Gasteiger partial charge on any atom is -0.400 e. The number of nitrogens with one attached hydrogen (secondary N) is 3. The van der Waals surface area contributed by atoms with E-state index in [2.05, 4.69) is 85.2 Å². The Morgan fingerprint density at radius 2 is 0.968 bits per heavy atom. The van der Waals surface area contributed by atoms with Crippen molar-refractivity contribution in [1.29, 1.82) is 0 Å². The molecule has 8 aromatic rings. The number of aliphatic hydroxyl groups is 1. The molecule has 11 heteroatoms. The van der Waals surface area contributed by atoms with E-state index in [1.165, 1.54) is 22.2 Å². The summed E-state index contributed by atoms with van der Waals surface area (Å²) in [6, 6.07) is 28.6. The molecule has 11 nitrogen and oxygen atoms in total. The fourth-order valence-electron chi connectivity index (χ4n) is 10.8. The Morgan fingerprint density at radius 3 is 1.51 bits per heavy atom. The maximum absolute atomic E-state index is 13.1. The van der Waals surface area contributed by atoms with Gasteiger partial charge in [-0.05, 0) is 52.6 Å². The van der Waals surface area contributed by atoms with Crippen molar-refractivity contribution in [2.75, 3.05) is 27.2 Å². The molecule has 4 aromatic heterocycles. The van der Waals surface area contributed by atoms with Crippen LogP contribution in [-0.4, -0.2) is 79.5 Å². The molecule has 2 aliphatic carbocycles. The first-order valence-electron chi connectivity index (χ1n) is 22.1. The second-order valence-electron chi connectivity index (χ2n) is 16.8. The van der Waals surface area contributed by atoms with E-state index in [9.17, 15) is 19.2 Å². The van der Waals surface area contributed by atoms with Crippen molar-refractivity contribution in [3.8, 4) is 0 Å². The third kappa shape index (κ3) is 7.14. The van der Waals surface area contributed by atoms with Gasteiger partial charge in [0.25, 0.3) is 0 Å². The molecule has 6 heterocycles. The predicted octanol–water partition coefficient (Wildman–Crippen LogP) is 8.25. The Morgan fingerprint density at radius 1 is 0.524 bits per heavy atom. The van der Waals surface area contributed by atoms with Crippen LogP contribution < -0.4 is 5.32 Å². The number of hydrogen-bond donors (Lipinski definition) is 4. The number of H-pyrrole nitrogens is 2. The molecular formula is C52H54N6O5. The summed E-state index contributed by atoms with van der Waals surface area (Å²) in [6.07, 6.45) is 8.12. The summed E-state index contributed by atoms with van der Waals surface area (Å²) < 4.78 is 4.54. The predicted molar refractivity (Wildman–Crippen MR) is 248 cm³/mol. The molecule has 63 heavy (non-hydrogen) atoms. The number of benzene rings is 4. The number of aromatic nitrogens is 4. The average molecular weight is 843 g/mol. The normalized spacial score (nSPS) is 20.9. The number of carbonyl (C=O) groups is 4. The van der Waals surface area contributed by atoms with Crippen LogP contribution in [0.2, 0.25) is 0 Å². The van der Waals surface area contributed by atoms with Crippen molar-refractivity contribution in [3.05, 3.63) is 143 Å². The molecule has 12 rings (SSSR count). The fraction of sp³-hybridized carbons (Fsp3) is 0.308. The number of aliphatic hydroxyl groups excluding tert-OH is 1. The van der Waals surface area contributed by atoms with Gasteiger partial charge in [0, 0.05) is 104 Å². The smallest absolute Gasteiger partial charge is 0.148 e. The highest BCUT2D eigenvalue weighted by molar-refractivity contribution is 6.17. The van der Waals surface area contributed by atoms with E-state index >= 15 is 0 Å². The van der Waals surface area contributed by atoms with Crippen molar-refractivity contribution in [1.82, 2.24) is 29.3 Å². The van der Waals surface area contributed by atoms with Gasteiger partial charge < -0.3 is 34.4 Å². The van der Waals surface area contributed by atoms with Crippen LogP contribution in [-0.2, 0) is 45.4 Å². The lowest BCUT2D eigenvalue weighted by molar-refractivity contribution is -0.123. The summed E-state index contributed by atoms with van der Waals surface area (Å²) >= 11 is 0. The lowest BCUT2D eigenvalue weighted by atomic mass is 9.83. The summed E-state index contributed by atoms with van der Waals surface area (Å²) in [5.41, 5.74) is 10.8. The molecule has 2 saturated carbocycles. The molecule has 2 fully saturated rings. The zero-order chi connectivity index (χ0) is 43.9. The van der Waals surface area contributed by atoms with Gasteiger partial charge in [-0.2, -0.15) is 0 Å². The van der Waals surface area contributed by atoms with Crippen LogP contribution >= 0.6 is 0 Å². The van der Waals surface area contributed by atoms with Gasteiger partial charge in [0.05, 0.1) is 47.5 Å². The van der Waals surface area contributed by atoms with E-state index in [0.29, 0.717) is 0 Å². The number of carbonyl (C=O) groups excluding carboxylic acids is 4. The van der Waals surface area contributed by atoms with Gasteiger partial charge in [-0.1, -0.05) is 86.6 Å². The number of aromatic amines is 2. The minimum atomic E-state index is -0.429. The lowest BCUT2D eigenvalue weighted by Gasteiger charge is -2.18. The van der Waals surface area contributed by atoms with Crippen molar-refractivity contribution in [3.63, 3.8) is 0 Å². The van der Waals surface area contributed by atoms with E-state index in [1.807, 2.05) is 74.8 Å². The number of nitrogens with zero attached hydrogens (tertiary/aromatic N) is 3. The average Bonchev–Trinajstić information content (AvgIpc) is 4.13. The van der Waals surface area contributed by atoms with Crippen molar-refractivity contribution >= 4 is 66.7 Å². The van der Waals surface area contributed by atoms with Crippen molar-refractivity contribution in [2.24, 2.45) is 0 Å². The molecule has 0 spiro atoms. The Kier molecular flexibility index (Phi) is 11.6. The zero-order valence-corrected chi connectivity index (χ0v) is 36.3. The monoisotopic (exact) mass is 842 g/mol. The molecule has 4 unspecified atom stereocenters. The van der Waals surface area contributed by atoms with Crippen LogP contribution in [0.15, 0.2) is 110 Å². The topological polar surface area (TPSA) is 145 Å². The maximum atomic E-state index is 13.1. The number of ketones is 4. The van der Waals surface area contributed by atoms with Crippen LogP contribution in [0.3, 0.4) is 0 Å². The first kappa shape index (κ1) is 41.9. The van der Waals surface area contributed by atoms with Gasteiger partial charge in [-0.15, -0.1) is 0 Å². The first-order valence-corrected chi connectivity index (χ1v) is 22.1. The van der Waals surface area contributed by atoms with E-state index in [-0.39, 0.29) is 36.0 Å². The Hall–Kier alpha value is -6.40. The molecular weight excluding hydrogens is 789 g/mol. The molecule has 0 radical (unpaired) electrons. The first-order chi connectivity index (χ1) is 30.8. The summed E-state index contributed by atoms with van der Waals surface area (Å²) in [5.74, 6) is -1.58. The molecule has 0 saturated heterocycles. The van der Waals surface area contributed by atoms with Gasteiger partial charge >= 0.3 is 0 Å². The van der Waals surface area contributed by atoms with Gasteiger partial charge in [0.15, 0.2) is 0 Å². The number of likely N-dealkylation sites (N-methyl/N-ethyl adjacent to an activating group) is 1. The molecule has 0 bridgehead atoms. The fourth-order valence-corrected chi connectivity index (χ4v) is 10.8. The van der Waals surface area contributed by atoms with Gasteiger partial charge in [0.1, 0.15) is 23.1 Å². The number of rotatable bonds is 4. The molecule has 4 aromatic carbocycles. The quantitative estimate of drug-likeness (QED) is 0.131. The van der Waals surface area contributed by atoms with Crippen LogP contribution in [0.25, 0.3) is 43.6 Å². The van der Waals surface area contributed by atoms with Crippen LogP contribution in [0.5, 0.6) is 0 Å². The molecule has 2 aliphatic heterocycles. The van der Waals surface area contributed by atoms with Gasteiger partial charge in [0.2, 0.25) is 0 Å². The Balaban J connectivity index is 0.000000149. The van der Waals surface area contributed by atoms with E-state index in [4.69, 9.17) is 5.11 Å². The number of fused-ring (bicyclic) bond motifs is 2. The van der Waals surface area contributed by atoms with Crippen molar-refractivity contribution < 1.29 is 24.3 Å². The lowest BCUT2D eigenvalue weighted by Crippen LogP contribution is -2.20. The Labute approximate surface area is 366 Å². The maximum Gasteiger partial charge on any atom is 0.148 e. The largest absolute Gasteiger partial charge is 0.400 e. The van der Waals surface area contributed by atoms with Crippen LogP contribution in [0.1, 0.15) is 83.7 Å². The third-order valence-electron chi connectivity index (χ3n) is 13.4. The summed E-state index contributed by atoms with van der Waals surface area (Å²) in [5, 5.41) is 14.7. The second-order valence-corrected chi connectivity index (χ2v) is 16.8. The van der Waals surface area contributed by atoms with E-state index in [1.54, 1.807) is 0 Å². The summed E-state index contributed by atoms with van der Waals surface area (Å²) in [4.78, 5) is 61.2. The number of para-hydroxylation sites is 4. The summed E-state index contributed by atoms with van der Waals surface area (Å²) in [6.45, 7) is 9.31. The molecule has 4 aliphatic rings. The van der Waals surface area contributed by atoms with Crippen LogP contribution in [0.4, 0.5) is 0 Å². The SMILES string of the molecule is CC.CN1CCn2cc(C3C(=O)CC(=O)C3c3c[nH]c4ccccc34)c3cccc(c32)C1.CO.O=C1CC(=O)C(c2cn3c4c(cccc24)CNCC3)C1c1c[nH]c2ccccc12. The highest BCUT2D eigenvalue weighted by Crippen LogP contribution is 2.48. The van der Waals surface area contributed by atoms with Gasteiger partial charge in [-0.3, -0.25) is 19.2 Å². The standard InChI is InChI=1S/C25H23N3O2.C24H21N3O2.C2H6.CH4O/c1-27-9-10-28-14-19(17-7-4-5-15(13-27)25(17)28)24-22(30)11-21(29)23(24)18-12-26-20-8-3-2-6-16(18)20;28-20-10-21(29)23(22(20)17-12-26-19-7-2-1-5-15(17)19)18-13-27-9-8-25-11-14-4-3-6-16(18)24(14)27;2*1-2/h2-8,12,14,23-24,26H,9-11,13H2,1H3;1-7,12-13,22-23,25-26H,8-11H2;1-2H3;2H,1H3. The second kappa shape index (κ2) is 17.4. The van der Waals surface area contributed by atoms with E-state index in [0.717, 1.165) is 101 Å². The third-order valence-corrected chi connectivity index (χ3v) is 13.4. The van der Waals surface area contributed by atoms with E-state index < -0.39 is 23.7 Å². The molecule has 4 N–H and O–H groups in total. The van der Waals surface area contributed by atoms with Gasteiger partial charge in [-0.25, -0.2) is 0 Å². The number of hydrogen-bond acceptors (Lipinski definition) is 7. The highest BCUT2D eigenvalue weighted by atomic mass is 16.2. The Bertz CT molecular complexity index is 3040. The minimum absolute atomic E-state index is 0.0166. The molecule has 322 valence electrons. The van der Waals surface area contributed by atoms with Crippen molar-refractivity contribution in [2.45, 2.75) is 76.5 Å². The molecule has 4 atom stereocenters.